The van der Waals surface area contributed by atoms with Gasteiger partial charge in [-0.25, -0.2) is 9.37 Å². The van der Waals surface area contributed by atoms with Crippen LogP contribution in [0.15, 0.2) is 17.5 Å². The SMILES string of the molecule is Cc1nc(Cc2nnc(N3CCc4cc(F)cc(C)c4C3)n2C)cs1. The molecule has 0 N–H and O–H groups in total. The Bertz CT molecular complexity index is 930. The molecule has 0 unspecified atom stereocenters. The third-order valence-corrected chi connectivity index (χ3v) is 5.58. The van der Waals surface area contributed by atoms with Gasteiger partial charge >= 0.3 is 0 Å². The average molecular weight is 357 g/mol. The van der Waals surface area contributed by atoms with Gasteiger partial charge in [-0.05, 0) is 49.1 Å². The van der Waals surface area contributed by atoms with Crippen LogP contribution in [0.3, 0.4) is 0 Å². The van der Waals surface area contributed by atoms with Gasteiger partial charge in [-0.2, -0.15) is 0 Å². The van der Waals surface area contributed by atoms with Gasteiger partial charge in [-0.3, -0.25) is 0 Å². The number of aryl methyl sites for hydroxylation is 2. The lowest BCUT2D eigenvalue weighted by Crippen LogP contribution is -2.33. The van der Waals surface area contributed by atoms with E-state index in [0.717, 1.165) is 53.1 Å². The minimum atomic E-state index is -0.149. The summed E-state index contributed by atoms with van der Waals surface area (Å²) in [6, 6.07) is 3.27. The quantitative estimate of drug-likeness (QED) is 0.722. The number of aromatic nitrogens is 4. The van der Waals surface area contributed by atoms with E-state index < -0.39 is 0 Å². The number of nitrogens with zero attached hydrogens (tertiary/aromatic N) is 5. The summed E-state index contributed by atoms with van der Waals surface area (Å²) in [7, 11) is 2.00. The second-order valence-corrected chi connectivity index (χ2v) is 7.60. The maximum atomic E-state index is 13.6. The maximum absolute atomic E-state index is 13.6. The molecule has 0 saturated carbocycles. The Labute approximate surface area is 150 Å². The van der Waals surface area contributed by atoms with Crippen LogP contribution in [0.4, 0.5) is 10.3 Å². The molecule has 0 spiro atoms. The number of hydrogen-bond donors (Lipinski definition) is 0. The predicted octanol–water partition coefficient (Wildman–Crippen LogP) is 3.18. The van der Waals surface area contributed by atoms with Crippen LogP contribution in [0.5, 0.6) is 0 Å². The van der Waals surface area contributed by atoms with E-state index in [9.17, 15) is 4.39 Å². The van der Waals surface area contributed by atoms with Crippen LogP contribution in [0.25, 0.3) is 0 Å². The minimum absolute atomic E-state index is 0.149. The first-order chi connectivity index (χ1) is 12.0. The molecule has 0 fully saturated rings. The van der Waals surface area contributed by atoms with E-state index >= 15 is 0 Å². The number of benzene rings is 1. The Balaban J connectivity index is 1.59. The third-order valence-electron chi connectivity index (χ3n) is 4.76. The Morgan fingerprint density at radius 2 is 2.08 bits per heavy atom. The van der Waals surface area contributed by atoms with E-state index in [0.29, 0.717) is 6.42 Å². The van der Waals surface area contributed by atoms with Crippen molar-refractivity contribution in [2.24, 2.45) is 7.05 Å². The summed E-state index contributed by atoms with van der Waals surface area (Å²) >= 11 is 1.65. The van der Waals surface area contributed by atoms with Gasteiger partial charge in [0.2, 0.25) is 5.95 Å². The van der Waals surface area contributed by atoms with Gasteiger partial charge in [0.15, 0.2) is 0 Å². The summed E-state index contributed by atoms with van der Waals surface area (Å²) in [6.07, 6.45) is 1.50. The molecule has 0 amide bonds. The molecule has 0 saturated heterocycles. The molecule has 0 atom stereocenters. The van der Waals surface area contributed by atoms with Gasteiger partial charge in [0, 0.05) is 25.5 Å². The number of fused-ring (bicyclic) bond motifs is 1. The van der Waals surface area contributed by atoms with Crippen molar-refractivity contribution in [3.63, 3.8) is 0 Å². The molecule has 1 aliphatic heterocycles. The Morgan fingerprint density at radius 3 is 2.84 bits per heavy atom. The van der Waals surface area contributed by atoms with Gasteiger partial charge < -0.3 is 9.47 Å². The van der Waals surface area contributed by atoms with Gasteiger partial charge in [-0.15, -0.1) is 21.5 Å². The molecule has 0 bridgehead atoms. The normalized spacial score (nSPS) is 14.0. The molecule has 0 radical (unpaired) electrons. The van der Waals surface area contributed by atoms with Gasteiger partial charge in [0.25, 0.3) is 0 Å². The maximum Gasteiger partial charge on any atom is 0.227 e. The fraction of sp³-hybridized carbons (Fsp3) is 0.389. The predicted molar refractivity (Wildman–Crippen MR) is 96.6 cm³/mol. The number of rotatable bonds is 3. The fourth-order valence-electron chi connectivity index (χ4n) is 3.42. The van der Waals surface area contributed by atoms with E-state index in [1.807, 2.05) is 25.5 Å². The number of halogens is 1. The molecule has 3 heterocycles. The highest BCUT2D eigenvalue weighted by molar-refractivity contribution is 7.09. The van der Waals surface area contributed by atoms with Crippen LogP contribution in [0.2, 0.25) is 0 Å². The highest BCUT2D eigenvalue weighted by Crippen LogP contribution is 2.27. The molecule has 3 aromatic rings. The van der Waals surface area contributed by atoms with Crippen molar-refractivity contribution in [2.75, 3.05) is 11.4 Å². The zero-order valence-electron chi connectivity index (χ0n) is 14.6. The molecule has 2 aromatic heterocycles. The molecule has 1 aliphatic rings. The summed E-state index contributed by atoms with van der Waals surface area (Å²) in [5.41, 5.74) is 4.33. The monoisotopic (exact) mass is 357 g/mol. The number of hydrogen-bond acceptors (Lipinski definition) is 5. The first-order valence-electron chi connectivity index (χ1n) is 8.33. The van der Waals surface area contributed by atoms with Gasteiger partial charge in [-0.1, -0.05) is 0 Å². The smallest absolute Gasteiger partial charge is 0.227 e. The molecule has 25 heavy (non-hydrogen) atoms. The number of thiazole rings is 1. The van der Waals surface area contributed by atoms with Crippen LogP contribution in [-0.4, -0.2) is 26.3 Å². The fourth-order valence-corrected chi connectivity index (χ4v) is 4.03. The van der Waals surface area contributed by atoms with Crippen molar-refractivity contribution < 1.29 is 4.39 Å². The first kappa shape index (κ1) is 16.2. The highest BCUT2D eigenvalue weighted by Gasteiger charge is 2.23. The molecule has 4 rings (SSSR count). The molecular formula is C18H20FN5S. The van der Waals surface area contributed by atoms with Crippen molar-refractivity contribution in [3.8, 4) is 0 Å². The summed E-state index contributed by atoms with van der Waals surface area (Å²) in [5, 5.41) is 11.9. The summed E-state index contributed by atoms with van der Waals surface area (Å²) in [4.78, 5) is 6.73. The highest BCUT2D eigenvalue weighted by atomic mass is 32.1. The van der Waals surface area contributed by atoms with Crippen LogP contribution < -0.4 is 4.90 Å². The van der Waals surface area contributed by atoms with E-state index in [2.05, 4.69) is 25.5 Å². The Hall–Kier alpha value is -2.28. The second kappa shape index (κ2) is 6.22. The van der Waals surface area contributed by atoms with Crippen LogP contribution >= 0.6 is 11.3 Å². The van der Waals surface area contributed by atoms with Crippen molar-refractivity contribution in [3.05, 3.63) is 56.5 Å². The summed E-state index contributed by atoms with van der Waals surface area (Å²) in [6.45, 7) is 5.53. The second-order valence-electron chi connectivity index (χ2n) is 6.54. The van der Waals surface area contributed by atoms with Crippen molar-refractivity contribution in [1.82, 2.24) is 19.7 Å². The third kappa shape index (κ3) is 3.04. The Kier molecular flexibility index (Phi) is 4.03. The Morgan fingerprint density at radius 1 is 1.24 bits per heavy atom. The lowest BCUT2D eigenvalue weighted by atomic mass is 9.95. The molecule has 1 aromatic carbocycles. The lowest BCUT2D eigenvalue weighted by molar-refractivity contribution is 0.614. The molecular weight excluding hydrogens is 337 g/mol. The van der Waals surface area contributed by atoms with Crippen LogP contribution in [0, 0.1) is 19.7 Å². The van der Waals surface area contributed by atoms with E-state index in [1.165, 1.54) is 5.56 Å². The van der Waals surface area contributed by atoms with Crippen molar-refractivity contribution in [1.29, 1.82) is 0 Å². The zero-order valence-corrected chi connectivity index (χ0v) is 15.4. The largest absolute Gasteiger partial charge is 0.336 e. The van der Waals surface area contributed by atoms with Crippen molar-refractivity contribution >= 4 is 17.3 Å². The van der Waals surface area contributed by atoms with Gasteiger partial charge in [0.1, 0.15) is 11.6 Å². The van der Waals surface area contributed by atoms with Crippen LogP contribution in [-0.2, 0) is 26.4 Å². The standard InChI is InChI=1S/C18H20FN5S/c1-11-6-14(19)7-13-4-5-24(9-16(11)13)18-22-21-17(23(18)3)8-15-10-25-12(2)20-15/h6-7,10H,4-5,8-9H2,1-3H3. The molecule has 5 nitrogen and oxygen atoms in total. The average Bonchev–Trinajstić information content (AvgIpc) is 3.14. The summed E-state index contributed by atoms with van der Waals surface area (Å²) < 4.78 is 15.6. The number of anilines is 1. The molecule has 7 heteroatoms. The van der Waals surface area contributed by atoms with E-state index in [1.54, 1.807) is 23.5 Å². The van der Waals surface area contributed by atoms with Crippen LogP contribution in [0.1, 0.15) is 33.2 Å². The van der Waals surface area contributed by atoms with Crippen molar-refractivity contribution in [2.45, 2.75) is 33.2 Å². The molecule has 0 aliphatic carbocycles. The zero-order chi connectivity index (χ0) is 17.6. The van der Waals surface area contributed by atoms with E-state index in [4.69, 9.17) is 0 Å². The lowest BCUT2D eigenvalue weighted by Gasteiger charge is -2.30. The topological polar surface area (TPSA) is 46.8 Å². The van der Waals surface area contributed by atoms with E-state index in [-0.39, 0.29) is 5.82 Å². The van der Waals surface area contributed by atoms with Gasteiger partial charge in [0.05, 0.1) is 17.1 Å². The summed E-state index contributed by atoms with van der Waals surface area (Å²) in [5.74, 6) is 1.61. The molecule has 130 valence electrons. The minimum Gasteiger partial charge on any atom is -0.336 e. The first-order valence-corrected chi connectivity index (χ1v) is 9.21.